The van der Waals surface area contributed by atoms with Gasteiger partial charge in [-0.15, -0.1) is 0 Å². The number of hydrogen-bond acceptors (Lipinski definition) is 6. The van der Waals surface area contributed by atoms with Crippen LogP contribution in [-0.4, -0.2) is 42.6 Å². The molecule has 1 aromatic rings. The molecule has 2 rings (SSSR count). The van der Waals surface area contributed by atoms with Crippen LogP contribution >= 0.6 is 0 Å². The summed E-state index contributed by atoms with van der Waals surface area (Å²) in [6.07, 6.45) is -0.310. The molecule has 0 bridgehead atoms. The average molecular weight is 320 g/mol. The Balaban J connectivity index is 2.61. The summed E-state index contributed by atoms with van der Waals surface area (Å²) >= 11 is 0. The van der Waals surface area contributed by atoms with E-state index in [1.165, 1.54) is 21.1 Å². The van der Waals surface area contributed by atoms with Crippen molar-refractivity contribution in [1.82, 2.24) is 0 Å². The number of hydrogen-bond donors (Lipinski definition) is 1. The van der Waals surface area contributed by atoms with E-state index in [2.05, 4.69) is 0 Å². The minimum absolute atomic E-state index is 0.310. The first-order valence-corrected chi connectivity index (χ1v) is 7.29. The van der Waals surface area contributed by atoms with Crippen LogP contribution in [0.5, 0.6) is 0 Å². The molecular weight excluding hydrogens is 300 g/mol. The van der Waals surface area contributed by atoms with Gasteiger partial charge in [0.25, 0.3) is 0 Å². The number of Topliss-reactive ketones (excluding diaryl/α,β-unsaturated/α-hetero) is 1. The highest BCUT2D eigenvalue weighted by Crippen LogP contribution is 2.46. The van der Waals surface area contributed by atoms with Crippen LogP contribution in [-0.2, 0) is 23.9 Å². The van der Waals surface area contributed by atoms with Gasteiger partial charge in [-0.05, 0) is 12.5 Å². The third-order valence-corrected chi connectivity index (χ3v) is 4.36. The number of carbonyl (C=O) groups is 3. The summed E-state index contributed by atoms with van der Waals surface area (Å²) in [6, 6.07) is 8.70. The smallest absolute Gasteiger partial charge is 0.316 e. The fraction of sp³-hybridized carbons (Fsp3) is 0.471. The van der Waals surface area contributed by atoms with E-state index in [0.29, 0.717) is 5.56 Å². The van der Waals surface area contributed by atoms with Crippen LogP contribution in [0.25, 0.3) is 0 Å². The topological polar surface area (TPSA) is 89.9 Å². The second kappa shape index (κ2) is 6.50. The van der Waals surface area contributed by atoms with Crippen molar-refractivity contribution in [2.45, 2.75) is 24.9 Å². The van der Waals surface area contributed by atoms with Gasteiger partial charge in [-0.1, -0.05) is 30.3 Å². The van der Waals surface area contributed by atoms with Gasteiger partial charge in [0.15, 0.2) is 5.78 Å². The van der Waals surface area contributed by atoms with Crippen LogP contribution in [0.2, 0.25) is 0 Å². The maximum atomic E-state index is 12.4. The summed E-state index contributed by atoms with van der Waals surface area (Å²) in [5.41, 5.74) is -0.999. The van der Waals surface area contributed by atoms with Crippen LogP contribution in [0.3, 0.4) is 0 Å². The van der Waals surface area contributed by atoms with Crippen LogP contribution in [0.1, 0.15) is 24.8 Å². The maximum Gasteiger partial charge on any atom is 0.316 e. The van der Waals surface area contributed by atoms with E-state index in [0.717, 1.165) is 0 Å². The molecular formula is C17H20O6. The van der Waals surface area contributed by atoms with E-state index in [9.17, 15) is 19.5 Å². The van der Waals surface area contributed by atoms with E-state index in [1.54, 1.807) is 30.3 Å². The lowest BCUT2D eigenvalue weighted by Gasteiger charge is -2.43. The SMILES string of the molecule is COC(=O)[C@H]1C(=O)C[C@](C)(O)[C@H](C(=O)OC)[C@@H]1c1ccccc1. The number of rotatable bonds is 3. The molecule has 0 aromatic heterocycles. The summed E-state index contributed by atoms with van der Waals surface area (Å²) in [7, 11) is 2.40. The Morgan fingerprint density at radius 3 is 2.22 bits per heavy atom. The lowest BCUT2D eigenvalue weighted by molar-refractivity contribution is -0.170. The zero-order valence-electron chi connectivity index (χ0n) is 13.3. The van der Waals surface area contributed by atoms with Crippen LogP contribution in [0.15, 0.2) is 30.3 Å². The van der Waals surface area contributed by atoms with Gasteiger partial charge in [0.1, 0.15) is 5.92 Å². The van der Waals surface area contributed by atoms with Gasteiger partial charge in [0, 0.05) is 12.3 Å². The van der Waals surface area contributed by atoms with Gasteiger partial charge in [-0.3, -0.25) is 14.4 Å². The lowest BCUT2D eigenvalue weighted by atomic mass is 9.62. The first-order valence-electron chi connectivity index (χ1n) is 7.29. The van der Waals surface area contributed by atoms with Gasteiger partial charge in [0.05, 0.1) is 25.7 Å². The average Bonchev–Trinajstić information content (AvgIpc) is 2.52. The molecule has 6 heteroatoms. The highest BCUT2D eigenvalue weighted by atomic mass is 16.5. The Morgan fingerprint density at radius 1 is 1.13 bits per heavy atom. The first-order chi connectivity index (χ1) is 10.8. The Bertz CT molecular complexity index is 607. The van der Waals surface area contributed by atoms with Crippen molar-refractivity contribution < 1.29 is 29.0 Å². The summed E-state index contributed by atoms with van der Waals surface area (Å²) < 4.78 is 9.56. The van der Waals surface area contributed by atoms with Crippen molar-refractivity contribution in [3.8, 4) is 0 Å². The van der Waals surface area contributed by atoms with Gasteiger partial charge in [-0.2, -0.15) is 0 Å². The third-order valence-electron chi connectivity index (χ3n) is 4.36. The lowest BCUT2D eigenvalue weighted by Crippen LogP contribution is -2.55. The predicted octanol–water partition coefficient (Wildman–Crippen LogP) is 1.07. The zero-order valence-corrected chi connectivity index (χ0v) is 13.3. The Labute approximate surface area is 134 Å². The number of aliphatic hydroxyl groups is 1. The second-order valence-electron chi connectivity index (χ2n) is 5.94. The molecule has 1 fully saturated rings. The fourth-order valence-corrected chi connectivity index (χ4v) is 3.34. The normalized spacial score (nSPS) is 30.6. The monoisotopic (exact) mass is 320 g/mol. The fourth-order valence-electron chi connectivity index (χ4n) is 3.34. The number of esters is 2. The van der Waals surface area contributed by atoms with Crippen molar-refractivity contribution in [3.63, 3.8) is 0 Å². The number of carbonyl (C=O) groups excluding carboxylic acids is 3. The summed E-state index contributed by atoms with van der Waals surface area (Å²) in [5.74, 6) is -4.86. The Kier molecular flexibility index (Phi) is 4.85. The minimum atomic E-state index is -1.60. The van der Waals surface area contributed by atoms with E-state index in [4.69, 9.17) is 9.47 Å². The molecule has 1 aliphatic rings. The molecule has 0 spiro atoms. The summed E-state index contributed by atoms with van der Waals surface area (Å²) in [6.45, 7) is 1.41. The molecule has 4 atom stereocenters. The molecule has 1 saturated carbocycles. The summed E-state index contributed by atoms with van der Waals surface area (Å²) in [5, 5.41) is 10.6. The number of benzene rings is 1. The molecule has 0 heterocycles. The van der Waals surface area contributed by atoms with E-state index < -0.39 is 41.1 Å². The van der Waals surface area contributed by atoms with E-state index >= 15 is 0 Å². The molecule has 0 unspecified atom stereocenters. The number of ether oxygens (including phenoxy) is 2. The van der Waals surface area contributed by atoms with Crippen molar-refractivity contribution >= 4 is 17.7 Å². The van der Waals surface area contributed by atoms with Gasteiger partial charge >= 0.3 is 11.9 Å². The van der Waals surface area contributed by atoms with Crippen LogP contribution in [0.4, 0.5) is 0 Å². The molecule has 1 aromatic carbocycles. The standard InChI is InChI=1S/C17H20O6/c1-17(21)9-11(18)13(15(19)22-2)12(14(17)16(20)23-3)10-7-5-4-6-8-10/h4-8,12-14,21H,9H2,1-3H3/t12-,13+,14+,17+/m1/s1. The highest BCUT2D eigenvalue weighted by Gasteiger charge is 2.56. The Hall–Kier alpha value is -2.21. The molecule has 0 saturated heterocycles. The van der Waals surface area contributed by atoms with E-state index in [-0.39, 0.29) is 6.42 Å². The minimum Gasteiger partial charge on any atom is -0.469 e. The molecule has 0 radical (unpaired) electrons. The molecule has 23 heavy (non-hydrogen) atoms. The molecule has 6 nitrogen and oxygen atoms in total. The summed E-state index contributed by atoms with van der Waals surface area (Å²) in [4.78, 5) is 36.9. The highest BCUT2D eigenvalue weighted by molar-refractivity contribution is 6.02. The molecule has 1 N–H and O–H groups in total. The number of ketones is 1. The van der Waals surface area contributed by atoms with Gasteiger partial charge < -0.3 is 14.6 Å². The largest absolute Gasteiger partial charge is 0.469 e. The Morgan fingerprint density at radius 2 is 1.70 bits per heavy atom. The van der Waals surface area contributed by atoms with Gasteiger partial charge in [0.2, 0.25) is 0 Å². The predicted molar refractivity (Wildman–Crippen MR) is 80.4 cm³/mol. The van der Waals surface area contributed by atoms with Crippen molar-refractivity contribution in [1.29, 1.82) is 0 Å². The van der Waals surface area contributed by atoms with Crippen molar-refractivity contribution in [2.75, 3.05) is 14.2 Å². The third kappa shape index (κ3) is 3.12. The first kappa shape index (κ1) is 17.1. The van der Waals surface area contributed by atoms with Crippen LogP contribution in [0, 0.1) is 11.8 Å². The van der Waals surface area contributed by atoms with Crippen LogP contribution < -0.4 is 0 Å². The van der Waals surface area contributed by atoms with Gasteiger partial charge in [-0.25, -0.2) is 0 Å². The second-order valence-corrected chi connectivity index (χ2v) is 5.94. The maximum absolute atomic E-state index is 12.4. The quantitative estimate of drug-likeness (QED) is 0.662. The molecule has 124 valence electrons. The molecule has 0 aliphatic heterocycles. The molecule has 1 aliphatic carbocycles. The van der Waals surface area contributed by atoms with Crippen molar-refractivity contribution in [3.05, 3.63) is 35.9 Å². The zero-order chi connectivity index (χ0) is 17.2. The van der Waals surface area contributed by atoms with Crippen molar-refractivity contribution in [2.24, 2.45) is 11.8 Å². The number of methoxy groups -OCH3 is 2. The molecule has 0 amide bonds. The van der Waals surface area contributed by atoms with E-state index in [1.807, 2.05) is 0 Å².